The van der Waals surface area contributed by atoms with Gasteiger partial charge in [0, 0.05) is 20.1 Å². The van der Waals surface area contributed by atoms with Crippen LogP contribution >= 0.6 is 15.9 Å². The lowest BCUT2D eigenvalue weighted by Crippen LogP contribution is -2.21. The zero-order valence-electron chi connectivity index (χ0n) is 11.2. The first-order valence-corrected chi connectivity index (χ1v) is 7.09. The smallest absolute Gasteiger partial charge is 0.0767 e. The molecule has 0 spiro atoms. The fourth-order valence-electron chi connectivity index (χ4n) is 1.63. The van der Waals surface area contributed by atoms with Gasteiger partial charge in [0.25, 0.3) is 0 Å². The molecule has 0 fully saturated rings. The molecule has 0 amide bonds. The molecule has 0 aliphatic heterocycles. The Balaban J connectivity index is 2.27. The van der Waals surface area contributed by atoms with Gasteiger partial charge >= 0.3 is 0 Å². The molecule has 102 valence electrons. The molecule has 0 bridgehead atoms. The molecule has 0 unspecified atom stereocenters. The van der Waals surface area contributed by atoms with Crippen LogP contribution in [0.1, 0.15) is 24.7 Å². The largest absolute Gasteiger partial charge is 0.380 e. The molecule has 4 nitrogen and oxygen atoms in total. The average Bonchev–Trinajstić information content (AvgIpc) is 2.64. The summed E-state index contributed by atoms with van der Waals surface area (Å²) in [7, 11) is 1.97. The van der Waals surface area contributed by atoms with E-state index in [1.54, 1.807) is 0 Å². The number of rotatable bonds is 9. The van der Waals surface area contributed by atoms with Crippen LogP contribution in [-0.4, -0.2) is 29.5 Å². The van der Waals surface area contributed by atoms with Crippen molar-refractivity contribution in [3.05, 3.63) is 28.5 Å². The van der Waals surface area contributed by atoms with Gasteiger partial charge in [0.2, 0.25) is 0 Å². The lowest BCUT2D eigenvalue weighted by atomic mass is 10.3. The van der Waals surface area contributed by atoms with Gasteiger partial charge in [0.05, 0.1) is 29.1 Å². The van der Waals surface area contributed by atoms with Crippen LogP contribution in [0.5, 0.6) is 0 Å². The van der Waals surface area contributed by atoms with E-state index in [0.29, 0.717) is 0 Å². The van der Waals surface area contributed by atoms with Crippen molar-refractivity contribution in [3.8, 4) is 0 Å². The van der Waals surface area contributed by atoms with E-state index in [9.17, 15) is 0 Å². The van der Waals surface area contributed by atoms with Gasteiger partial charge < -0.3 is 10.1 Å². The summed E-state index contributed by atoms with van der Waals surface area (Å²) >= 11 is 3.60. The van der Waals surface area contributed by atoms with Gasteiger partial charge in [-0.05, 0) is 28.8 Å². The molecule has 1 aromatic heterocycles. The topological polar surface area (TPSA) is 39.1 Å². The van der Waals surface area contributed by atoms with Gasteiger partial charge in [-0.2, -0.15) is 5.10 Å². The molecule has 1 heterocycles. The molecule has 5 heteroatoms. The molecule has 1 aromatic rings. The number of ether oxygens (including phenoxy) is 1. The van der Waals surface area contributed by atoms with Crippen LogP contribution in [-0.2, 0) is 24.8 Å². The summed E-state index contributed by atoms with van der Waals surface area (Å²) in [6.07, 6.45) is 3.72. The van der Waals surface area contributed by atoms with Crippen molar-refractivity contribution in [2.24, 2.45) is 7.05 Å². The number of nitrogens with zero attached hydrogens (tertiary/aromatic N) is 2. The van der Waals surface area contributed by atoms with Crippen LogP contribution in [0, 0.1) is 0 Å². The maximum atomic E-state index is 5.43. The third-order valence-corrected chi connectivity index (χ3v) is 3.60. The van der Waals surface area contributed by atoms with E-state index in [-0.39, 0.29) is 0 Å². The Morgan fingerprint density at radius 3 is 2.89 bits per heavy atom. The molecule has 0 aliphatic rings. The van der Waals surface area contributed by atoms with Crippen LogP contribution in [0.3, 0.4) is 0 Å². The highest BCUT2D eigenvalue weighted by atomic mass is 79.9. The van der Waals surface area contributed by atoms with E-state index in [1.165, 1.54) is 5.69 Å². The molecule has 0 saturated carbocycles. The number of aryl methyl sites for hydroxylation is 2. The fourth-order valence-corrected chi connectivity index (χ4v) is 2.39. The lowest BCUT2D eigenvalue weighted by Gasteiger charge is -2.06. The second kappa shape index (κ2) is 8.45. The Kier molecular flexibility index (Phi) is 7.23. The van der Waals surface area contributed by atoms with Crippen LogP contribution in [0.4, 0.5) is 0 Å². The monoisotopic (exact) mass is 315 g/mol. The molecule has 0 radical (unpaired) electrons. The van der Waals surface area contributed by atoms with E-state index >= 15 is 0 Å². The SMILES string of the molecule is C=CCCOCCNCc1c(Br)c(CC)nn1C. The maximum Gasteiger partial charge on any atom is 0.0767 e. The van der Waals surface area contributed by atoms with E-state index < -0.39 is 0 Å². The Labute approximate surface area is 118 Å². The standard InChI is InChI=1S/C13H22BrN3O/c1-4-6-8-18-9-7-15-10-12-13(14)11(5-2)16-17(12)3/h4,15H,1,5-10H2,2-3H3. The molecule has 0 aliphatic carbocycles. The average molecular weight is 316 g/mol. The summed E-state index contributed by atoms with van der Waals surface area (Å²) in [6.45, 7) is 8.88. The summed E-state index contributed by atoms with van der Waals surface area (Å²) in [5.74, 6) is 0. The minimum absolute atomic E-state index is 0.726. The number of halogens is 1. The third-order valence-electron chi connectivity index (χ3n) is 2.68. The van der Waals surface area contributed by atoms with Crippen molar-refractivity contribution >= 4 is 15.9 Å². The normalized spacial score (nSPS) is 10.8. The molecular formula is C13H22BrN3O. The molecule has 18 heavy (non-hydrogen) atoms. The Bertz CT molecular complexity index is 377. The molecule has 0 saturated heterocycles. The summed E-state index contributed by atoms with van der Waals surface area (Å²) in [4.78, 5) is 0. The highest BCUT2D eigenvalue weighted by molar-refractivity contribution is 9.10. The number of nitrogens with one attached hydrogen (secondary N) is 1. The zero-order chi connectivity index (χ0) is 13.4. The van der Waals surface area contributed by atoms with Crippen molar-refractivity contribution in [3.63, 3.8) is 0 Å². The molecular weight excluding hydrogens is 294 g/mol. The summed E-state index contributed by atoms with van der Waals surface area (Å²) < 4.78 is 8.47. The quantitative estimate of drug-likeness (QED) is 0.562. The summed E-state index contributed by atoms with van der Waals surface area (Å²) in [5, 5.41) is 7.81. The van der Waals surface area contributed by atoms with Crippen molar-refractivity contribution in [1.82, 2.24) is 15.1 Å². The lowest BCUT2D eigenvalue weighted by molar-refractivity contribution is 0.140. The van der Waals surface area contributed by atoms with Crippen LogP contribution in [0.2, 0.25) is 0 Å². The zero-order valence-corrected chi connectivity index (χ0v) is 12.8. The predicted octanol–water partition coefficient (Wildman–Crippen LogP) is 2.43. The highest BCUT2D eigenvalue weighted by Gasteiger charge is 2.11. The first kappa shape index (κ1) is 15.4. The molecule has 0 atom stereocenters. The molecule has 1 rings (SSSR count). The van der Waals surface area contributed by atoms with Crippen molar-refractivity contribution in [2.45, 2.75) is 26.3 Å². The minimum Gasteiger partial charge on any atom is -0.380 e. The van der Waals surface area contributed by atoms with Crippen molar-refractivity contribution in [2.75, 3.05) is 19.8 Å². The molecule has 1 N–H and O–H groups in total. The van der Waals surface area contributed by atoms with Gasteiger partial charge in [-0.25, -0.2) is 0 Å². The number of hydrogen-bond acceptors (Lipinski definition) is 3. The molecule has 0 aromatic carbocycles. The van der Waals surface area contributed by atoms with Crippen molar-refractivity contribution < 1.29 is 4.74 Å². The summed E-state index contributed by atoms with van der Waals surface area (Å²) in [5.41, 5.74) is 2.29. The first-order valence-electron chi connectivity index (χ1n) is 6.30. The summed E-state index contributed by atoms with van der Waals surface area (Å²) in [6, 6.07) is 0. The maximum absolute atomic E-state index is 5.43. The number of hydrogen-bond donors (Lipinski definition) is 1. The van der Waals surface area contributed by atoms with Gasteiger partial charge in [0.1, 0.15) is 0 Å². The van der Waals surface area contributed by atoms with Crippen LogP contribution in [0.25, 0.3) is 0 Å². The van der Waals surface area contributed by atoms with Crippen LogP contribution in [0.15, 0.2) is 17.1 Å². The number of aromatic nitrogens is 2. The van der Waals surface area contributed by atoms with E-state index in [2.05, 4.69) is 39.8 Å². The second-order valence-corrected chi connectivity index (χ2v) is 4.84. The van der Waals surface area contributed by atoms with Gasteiger partial charge in [-0.15, -0.1) is 6.58 Å². The van der Waals surface area contributed by atoms with E-state index in [1.807, 2.05) is 17.8 Å². The third kappa shape index (κ3) is 4.55. The first-order chi connectivity index (χ1) is 8.70. The highest BCUT2D eigenvalue weighted by Crippen LogP contribution is 2.21. The second-order valence-electron chi connectivity index (χ2n) is 4.05. The van der Waals surface area contributed by atoms with Gasteiger partial charge in [-0.3, -0.25) is 4.68 Å². The van der Waals surface area contributed by atoms with E-state index in [0.717, 1.165) is 49.3 Å². The van der Waals surface area contributed by atoms with Crippen molar-refractivity contribution in [1.29, 1.82) is 0 Å². The van der Waals surface area contributed by atoms with Gasteiger partial charge in [0.15, 0.2) is 0 Å². The van der Waals surface area contributed by atoms with Crippen LogP contribution < -0.4 is 5.32 Å². The Morgan fingerprint density at radius 2 is 2.28 bits per heavy atom. The fraction of sp³-hybridized carbons (Fsp3) is 0.615. The Hall–Kier alpha value is -0.650. The Morgan fingerprint density at radius 1 is 1.50 bits per heavy atom. The van der Waals surface area contributed by atoms with E-state index in [4.69, 9.17) is 4.74 Å². The predicted molar refractivity (Wildman–Crippen MR) is 77.6 cm³/mol. The van der Waals surface area contributed by atoms with Gasteiger partial charge in [-0.1, -0.05) is 13.0 Å². The minimum atomic E-state index is 0.726.